The van der Waals surface area contributed by atoms with Gasteiger partial charge >= 0.3 is 0 Å². The van der Waals surface area contributed by atoms with Gasteiger partial charge in [0.15, 0.2) is 0 Å². The molecule has 0 saturated heterocycles. The molecular formula is C33H27N3O3. The van der Waals surface area contributed by atoms with Crippen molar-refractivity contribution in [1.82, 2.24) is 0 Å². The molecule has 2 N–H and O–H groups in total. The van der Waals surface area contributed by atoms with Gasteiger partial charge in [-0.05, 0) is 97.1 Å². The summed E-state index contributed by atoms with van der Waals surface area (Å²) in [6.07, 6.45) is 3.31. The van der Waals surface area contributed by atoms with Gasteiger partial charge < -0.3 is 19.8 Å². The predicted molar refractivity (Wildman–Crippen MR) is 158 cm³/mol. The van der Waals surface area contributed by atoms with Crippen molar-refractivity contribution >= 4 is 40.9 Å². The van der Waals surface area contributed by atoms with Crippen LogP contribution in [0.5, 0.6) is 17.2 Å². The van der Waals surface area contributed by atoms with E-state index in [9.17, 15) is 10.2 Å². The SMILES string of the molecule is COc1ccc(N(c2ccc(N=Cc3ccccc3O)cc2)c2ccc(N=Cc3ccccc3O)cc2)cc1. The number of phenolic OH excluding ortho intramolecular Hbond substituents is 2. The summed E-state index contributed by atoms with van der Waals surface area (Å²) in [5.41, 5.74) is 5.72. The molecular weight excluding hydrogens is 486 g/mol. The van der Waals surface area contributed by atoms with Crippen molar-refractivity contribution in [2.45, 2.75) is 0 Å². The number of nitrogens with zero attached hydrogens (tertiary/aromatic N) is 3. The molecule has 0 aliphatic carbocycles. The quantitative estimate of drug-likeness (QED) is 0.206. The molecule has 0 amide bonds. The lowest BCUT2D eigenvalue weighted by Gasteiger charge is -2.25. The second-order valence-corrected chi connectivity index (χ2v) is 8.70. The van der Waals surface area contributed by atoms with E-state index in [0.717, 1.165) is 34.2 Å². The van der Waals surface area contributed by atoms with E-state index in [2.05, 4.69) is 14.9 Å². The minimum absolute atomic E-state index is 0.192. The maximum Gasteiger partial charge on any atom is 0.124 e. The van der Waals surface area contributed by atoms with Gasteiger partial charge in [-0.2, -0.15) is 0 Å². The molecule has 0 saturated carbocycles. The minimum Gasteiger partial charge on any atom is -0.507 e. The van der Waals surface area contributed by atoms with E-state index in [4.69, 9.17) is 4.74 Å². The first-order valence-corrected chi connectivity index (χ1v) is 12.4. The summed E-state index contributed by atoms with van der Waals surface area (Å²) in [4.78, 5) is 11.2. The summed E-state index contributed by atoms with van der Waals surface area (Å²) in [5.74, 6) is 1.16. The Bertz CT molecular complexity index is 1490. The van der Waals surface area contributed by atoms with Crippen molar-refractivity contribution in [3.8, 4) is 17.2 Å². The number of methoxy groups -OCH3 is 1. The minimum atomic E-state index is 0.192. The van der Waals surface area contributed by atoms with Crippen LogP contribution in [0.4, 0.5) is 28.4 Å². The molecule has 0 atom stereocenters. The van der Waals surface area contributed by atoms with E-state index in [1.54, 1.807) is 43.8 Å². The van der Waals surface area contributed by atoms with Crippen LogP contribution in [-0.4, -0.2) is 29.8 Å². The Morgan fingerprint density at radius 2 is 0.923 bits per heavy atom. The Kier molecular flexibility index (Phi) is 7.65. The fraction of sp³-hybridized carbons (Fsp3) is 0.0303. The standard InChI is InChI=1S/C33H27N3O3/c1-39-31-20-18-30(19-21-31)36(28-14-10-26(11-15-28)34-22-24-6-2-4-8-32(24)37)29-16-12-27(13-17-29)35-23-25-7-3-5-9-33(25)38/h2-23,37-38H,1H3. The monoisotopic (exact) mass is 513 g/mol. The summed E-state index contributed by atoms with van der Waals surface area (Å²) in [5, 5.41) is 20.0. The van der Waals surface area contributed by atoms with Crippen molar-refractivity contribution in [2.24, 2.45) is 9.98 Å². The first-order chi connectivity index (χ1) is 19.1. The molecule has 0 fully saturated rings. The van der Waals surface area contributed by atoms with Gasteiger partial charge in [0, 0.05) is 40.6 Å². The van der Waals surface area contributed by atoms with Crippen LogP contribution >= 0.6 is 0 Å². The van der Waals surface area contributed by atoms with Crippen LogP contribution in [0.1, 0.15) is 11.1 Å². The second-order valence-electron chi connectivity index (χ2n) is 8.70. The Labute approximate surface area is 227 Å². The van der Waals surface area contributed by atoms with Crippen LogP contribution in [0.15, 0.2) is 131 Å². The molecule has 0 spiro atoms. The average molecular weight is 514 g/mol. The molecule has 0 aliphatic heterocycles. The summed E-state index contributed by atoms with van der Waals surface area (Å²) < 4.78 is 5.35. The Hall–Kier alpha value is -5.36. The third-order valence-electron chi connectivity index (χ3n) is 6.13. The molecule has 0 aliphatic rings. The topological polar surface area (TPSA) is 77.7 Å². The number of aromatic hydroxyl groups is 2. The fourth-order valence-corrected chi connectivity index (χ4v) is 4.04. The lowest BCUT2D eigenvalue weighted by molar-refractivity contribution is 0.415. The van der Waals surface area contributed by atoms with E-state index in [1.807, 2.05) is 97.1 Å². The summed E-state index contributed by atoms with van der Waals surface area (Å²) in [7, 11) is 1.65. The van der Waals surface area contributed by atoms with E-state index >= 15 is 0 Å². The maximum atomic E-state index is 9.99. The average Bonchev–Trinajstić information content (AvgIpc) is 2.98. The largest absolute Gasteiger partial charge is 0.507 e. The van der Waals surface area contributed by atoms with Crippen LogP contribution in [0.2, 0.25) is 0 Å². The molecule has 5 aromatic rings. The number of benzene rings is 5. The smallest absolute Gasteiger partial charge is 0.124 e. The number of ether oxygens (including phenoxy) is 1. The van der Waals surface area contributed by atoms with E-state index < -0.39 is 0 Å². The Morgan fingerprint density at radius 1 is 0.538 bits per heavy atom. The summed E-state index contributed by atoms with van der Waals surface area (Å²) in [6.45, 7) is 0. The highest BCUT2D eigenvalue weighted by Crippen LogP contribution is 2.37. The number of rotatable bonds is 8. The maximum absolute atomic E-state index is 9.99. The number of aliphatic imine (C=N–C) groups is 2. The van der Waals surface area contributed by atoms with Crippen molar-refractivity contribution < 1.29 is 14.9 Å². The molecule has 5 aromatic carbocycles. The van der Waals surface area contributed by atoms with Crippen molar-refractivity contribution in [1.29, 1.82) is 0 Å². The van der Waals surface area contributed by atoms with Gasteiger partial charge in [-0.3, -0.25) is 9.98 Å². The third-order valence-corrected chi connectivity index (χ3v) is 6.13. The van der Waals surface area contributed by atoms with Crippen LogP contribution in [0.3, 0.4) is 0 Å². The van der Waals surface area contributed by atoms with E-state index in [0.29, 0.717) is 11.1 Å². The molecule has 0 heterocycles. The van der Waals surface area contributed by atoms with Gasteiger partial charge in [-0.15, -0.1) is 0 Å². The Balaban J connectivity index is 1.43. The Morgan fingerprint density at radius 3 is 1.31 bits per heavy atom. The van der Waals surface area contributed by atoms with Gasteiger partial charge in [0.25, 0.3) is 0 Å². The molecule has 6 nitrogen and oxygen atoms in total. The molecule has 0 unspecified atom stereocenters. The van der Waals surface area contributed by atoms with Gasteiger partial charge in [0.05, 0.1) is 18.5 Å². The zero-order valence-corrected chi connectivity index (χ0v) is 21.3. The van der Waals surface area contributed by atoms with Crippen molar-refractivity contribution in [3.05, 3.63) is 132 Å². The van der Waals surface area contributed by atoms with Gasteiger partial charge in [0.2, 0.25) is 0 Å². The lowest BCUT2D eigenvalue weighted by Crippen LogP contribution is -2.09. The van der Waals surface area contributed by atoms with Crippen LogP contribution in [0, 0.1) is 0 Å². The number of hydrogen-bond donors (Lipinski definition) is 2. The van der Waals surface area contributed by atoms with Gasteiger partial charge in [-0.25, -0.2) is 0 Å². The van der Waals surface area contributed by atoms with Crippen LogP contribution < -0.4 is 9.64 Å². The first-order valence-electron chi connectivity index (χ1n) is 12.4. The normalized spacial score (nSPS) is 11.2. The van der Waals surface area contributed by atoms with Gasteiger partial charge in [-0.1, -0.05) is 24.3 Å². The highest BCUT2D eigenvalue weighted by molar-refractivity contribution is 5.86. The van der Waals surface area contributed by atoms with Crippen molar-refractivity contribution in [3.63, 3.8) is 0 Å². The zero-order chi connectivity index (χ0) is 27.0. The fourth-order valence-electron chi connectivity index (χ4n) is 4.04. The van der Waals surface area contributed by atoms with E-state index in [-0.39, 0.29) is 11.5 Å². The number of hydrogen-bond acceptors (Lipinski definition) is 6. The molecule has 0 bridgehead atoms. The molecule has 6 heteroatoms. The van der Waals surface area contributed by atoms with Gasteiger partial charge in [0.1, 0.15) is 17.2 Å². The highest BCUT2D eigenvalue weighted by Gasteiger charge is 2.13. The third kappa shape index (κ3) is 6.14. The van der Waals surface area contributed by atoms with Crippen LogP contribution in [-0.2, 0) is 0 Å². The number of phenols is 2. The summed E-state index contributed by atoms with van der Waals surface area (Å²) in [6, 6.07) is 37.8. The molecule has 0 aromatic heterocycles. The number of anilines is 3. The van der Waals surface area contributed by atoms with E-state index in [1.165, 1.54) is 0 Å². The highest BCUT2D eigenvalue weighted by atomic mass is 16.5. The lowest BCUT2D eigenvalue weighted by atomic mass is 10.1. The van der Waals surface area contributed by atoms with Crippen molar-refractivity contribution in [2.75, 3.05) is 12.0 Å². The predicted octanol–water partition coefficient (Wildman–Crippen LogP) is 8.08. The second kappa shape index (κ2) is 11.8. The zero-order valence-electron chi connectivity index (χ0n) is 21.3. The molecule has 0 radical (unpaired) electrons. The van der Waals surface area contributed by atoms with Crippen LogP contribution in [0.25, 0.3) is 0 Å². The molecule has 192 valence electrons. The summed E-state index contributed by atoms with van der Waals surface area (Å²) >= 11 is 0. The first kappa shape index (κ1) is 25.3. The molecule has 5 rings (SSSR count). The number of para-hydroxylation sites is 2. The molecule has 39 heavy (non-hydrogen) atoms.